The minimum absolute atomic E-state index is 0.141. The van der Waals surface area contributed by atoms with Gasteiger partial charge >= 0.3 is 5.97 Å². The first-order valence-corrected chi connectivity index (χ1v) is 11.1. The molecule has 0 bridgehead atoms. The summed E-state index contributed by atoms with van der Waals surface area (Å²) >= 11 is 0. The van der Waals surface area contributed by atoms with E-state index in [0.29, 0.717) is 19.4 Å². The molecule has 7 nitrogen and oxygen atoms in total. The topological polar surface area (TPSA) is 72.2 Å². The number of hydrogen-bond donors (Lipinski definition) is 0. The van der Waals surface area contributed by atoms with Crippen LogP contribution in [0.2, 0.25) is 0 Å². The summed E-state index contributed by atoms with van der Waals surface area (Å²) in [4.78, 5) is 29.1. The molecule has 2 aromatic rings. The molecule has 0 spiro atoms. The number of amides is 1. The van der Waals surface area contributed by atoms with Gasteiger partial charge in [-0.05, 0) is 49.9 Å². The lowest BCUT2D eigenvalue weighted by atomic mass is 9.98. The second kappa shape index (κ2) is 8.54. The quantitative estimate of drug-likeness (QED) is 0.649. The van der Waals surface area contributed by atoms with Crippen molar-refractivity contribution in [2.75, 3.05) is 24.5 Å². The van der Waals surface area contributed by atoms with Gasteiger partial charge in [0.15, 0.2) is 6.10 Å². The van der Waals surface area contributed by atoms with Crippen LogP contribution in [0.15, 0.2) is 34.9 Å². The van der Waals surface area contributed by atoms with Gasteiger partial charge in [-0.25, -0.2) is 4.79 Å². The Hall–Kier alpha value is -2.54. The number of hydrogen-bond acceptors (Lipinski definition) is 6. The van der Waals surface area contributed by atoms with Crippen LogP contribution in [0.4, 0.5) is 5.69 Å². The van der Waals surface area contributed by atoms with Crippen LogP contribution in [0.5, 0.6) is 0 Å². The highest BCUT2D eigenvalue weighted by Gasteiger charge is 2.40. The molecule has 0 aliphatic carbocycles. The second-order valence-corrected chi connectivity index (χ2v) is 9.34. The van der Waals surface area contributed by atoms with Crippen molar-refractivity contribution in [2.45, 2.75) is 64.9 Å². The van der Waals surface area contributed by atoms with Crippen LogP contribution < -0.4 is 4.90 Å². The average molecular weight is 429 g/mol. The van der Waals surface area contributed by atoms with Gasteiger partial charge in [-0.2, -0.15) is 0 Å². The monoisotopic (exact) mass is 428 g/mol. The lowest BCUT2D eigenvalue weighted by Gasteiger charge is -2.41. The molecule has 3 atom stereocenters. The third-order valence-electron chi connectivity index (χ3n) is 6.23. The zero-order chi connectivity index (χ0) is 22.2. The fourth-order valence-corrected chi connectivity index (χ4v) is 4.57. The molecule has 2 fully saturated rings. The molecule has 168 valence electrons. The van der Waals surface area contributed by atoms with Gasteiger partial charge in [-0.3, -0.25) is 4.79 Å². The summed E-state index contributed by atoms with van der Waals surface area (Å²) in [5, 5.41) is 1.09. The number of carbonyl (C=O) groups excluding carboxylic acids is 2. The van der Waals surface area contributed by atoms with Crippen molar-refractivity contribution in [3.63, 3.8) is 0 Å². The molecule has 1 aromatic heterocycles. The highest BCUT2D eigenvalue weighted by Crippen LogP contribution is 2.29. The van der Waals surface area contributed by atoms with Crippen molar-refractivity contribution in [1.29, 1.82) is 0 Å². The van der Waals surface area contributed by atoms with Gasteiger partial charge in [-0.15, -0.1) is 0 Å². The van der Waals surface area contributed by atoms with E-state index in [1.54, 1.807) is 20.1 Å². The Balaban J connectivity index is 1.27. The van der Waals surface area contributed by atoms with E-state index < -0.39 is 11.9 Å². The number of ether oxygens (including phenoxy) is 2. The Bertz CT molecular complexity index is 952. The summed E-state index contributed by atoms with van der Waals surface area (Å²) in [6.45, 7) is 9.98. The Morgan fingerprint density at radius 1 is 1.26 bits per heavy atom. The SMILES string of the molecule is CC(CC[C@@H]1OC(C)(C)OC1=O)CC(=O)N1CCN(c2ccc3occc3c2)C[C@H]1C. The van der Waals surface area contributed by atoms with Crippen molar-refractivity contribution >= 4 is 28.5 Å². The molecule has 2 saturated heterocycles. The number of anilines is 1. The number of benzene rings is 1. The summed E-state index contributed by atoms with van der Waals surface area (Å²) in [6.07, 6.45) is 2.99. The normalized spacial score (nSPS) is 24.5. The van der Waals surface area contributed by atoms with E-state index in [0.717, 1.165) is 36.2 Å². The number of nitrogens with zero attached hydrogens (tertiary/aromatic N) is 2. The van der Waals surface area contributed by atoms with Crippen molar-refractivity contribution in [2.24, 2.45) is 5.92 Å². The lowest BCUT2D eigenvalue weighted by molar-refractivity contribution is -0.161. The highest BCUT2D eigenvalue weighted by molar-refractivity contribution is 5.82. The predicted octanol–water partition coefficient (Wildman–Crippen LogP) is 3.95. The summed E-state index contributed by atoms with van der Waals surface area (Å²) in [5.41, 5.74) is 2.05. The molecule has 7 heteroatoms. The molecule has 0 N–H and O–H groups in total. The molecule has 0 saturated carbocycles. The second-order valence-electron chi connectivity index (χ2n) is 9.34. The van der Waals surface area contributed by atoms with E-state index >= 15 is 0 Å². The zero-order valence-corrected chi connectivity index (χ0v) is 18.8. The predicted molar refractivity (Wildman–Crippen MR) is 118 cm³/mol. The molecule has 1 unspecified atom stereocenters. The standard InChI is InChI=1S/C24H32N2O5/c1-16(5-7-21-23(28)31-24(3,4)30-21)13-22(27)26-11-10-25(15-17(26)2)19-6-8-20-18(14-19)9-12-29-20/h6,8-9,12,14,16-17,21H,5,7,10-11,13,15H2,1-4H3/t16?,17-,21+/m1/s1. The van der Waals surface area contributed by atoms with Gasteiger partial charge in [0.05, 0.1) is 6.26 Å². The van der Waals surface area contributed by atoms with Crippen LogP contribution in [-0.2, 0) is 19.1 Å². The number of fused-ring (bicyclic) bond motifs is 1. The van der Waals surface area contributed by atoms with Gasteiger partial charge < -0.3 is 23.7 Å². The Morgan fingerprint density at radius 2 is 2.06 bits per heavy atom. The number of piperazine rings is 1. The first-order valence-electron chi connectivity index (χ1n) is 11.1. The summed E-state index contributed by atoms with van der Waals surface area (Å²) in [6, 6.07) is 8.33. The first kappa shape index (κ1) is 21.7. The summed E-state index contributed by atoms with van der Waals surface area (Å²) < 4.78 is 16.3. The van der Waals surface area contributed by atoms with Crippen LogP contribution in [-0.4, -0.2) is 54.3 Å². The smallest absolute Gasteiger partial charge is 0.337 e. The van der Waals surface area contributed by atoms with E-state index in [9.17, 15) is 9.59 Å². The highest BCUT2D eigenvalue weighted by atomic mass is 16.8. The van der Waals surface area contributed by atoms with Crippen LogP contribution in [0.25, 0.3) is 11.0 Å². The Labute approximate surface area is 183 Å². The fraction of sp³-hybridized carbons (Fsp3) is 0.583. The maximum atomic E-state index is 12.9. The van der Waals surface area contributed by atoms with Crippen molar-refractivity contribution in [3.05, 3.63) is 30.5 Å². The third kappa shape index (κ3) is 4.87. The van der Waals surface area contributed by atoms with Crippen LogP contribution in [0, 0.1) is 5.92 Å². The first-order chi connectivity index (χ1) is 14.7. The number of carbonyl (C=O) groups is 2. The van der Waals surface area contributed by atoms with E-state index in [-0.39, 0.29) is 23.8 Å². The molecule has 1 aromatic carbocycles. The van der Waals surface area contributed by atoms with Crippen LogP contribution in [0.3, 0.4) is 0 Å². The van der Waals surface area contributed by atoms with E-state index in [4.69, 9.17) is 13.9 Å². The third-order valence-corrected chi connectivity index (χ3v) is 6.23. The Morgan fingerprint density at radius 3 is 2.77 bits per heavy atom. The zero-order valence-electron chi connectivity index (χ0n) is 18.8. The number of esters is 1. The maximum absolute atomic E-state index is 12.9. The minimum Gasteiger partial charge on any atom is -0.464 e. The summed E-state index contributed by atoms with van der Waals surface area (Å²) in [7, 11) is 0. The molecular weight excluding hydrogens is 396 g/mol. The molecule has 4 rings (SSSR count). The van der Waals surface area contributed by atoms with Crippen molar-refractivity contribution in [3.8, 4) is 0 Å². The Kier molecular flexibility index (Phi) is 5.97. The fourth-order valence-electron chi connectivity index (χ4n) is 4.57. The van der Waals surface area contributed by atoms with Crippen LogP contribution >= 0.6 is 0 Å². The van der Waals surface area contributed by atoms with Crippen molar-refractivity contribution in [1.82, 2.24) is 4.90 Å². The van der Waals surface area contributed by atoms with Gasteiger partial charge in [0, 0.05) is 57.0 Å². The van der Waals surface area contributed by atoms with Gasteiger partial charge in [0.2, 0.25) is 11.7 Å². The number of rotatable bonds is 6. The minimum atomic E-state index is -0.849. The average Bonchev–Trinajstić information content (AvgIpc) is 3.28. The maximum Gasteiger partial charge on any atom is 0.337 e. The van der Waals surface area contributed by atoms with E-state index in [1.165, 1.54) is 0 Å². The number of cyclic esters (lactones) is 1. The molecular formula is C24H32N2O5. The number of furan rings is 1. The molecule has 2 aliphatic rings. The van der Waals surface area contributed by atoms with Gasteiger partial charge in [0.25, 0.3) is 0 Å². The largest absolute Gasteiger partial charge is 0.464 e. The van der Waals surface area contributed by atoms with Crippen LogP contribution in [0.1, 0.15) is 47.0 Å². The van der Waals surface area contributed by atoms with Gasteiger partial charge in [-0.1, -0.05) is 6.92 Å². The molecule has 2 aliphatic heterocycles. The molecule has 31 heavy (non-hydrogen) atoms. The van der Waals surface area contributed by atoms with Crippen molar-refractivity contribution < 1.29 is 23.5 Å². The summed E-state index contributed by atoms with van der Waals surface area (Å²) in [5.74, 6) is -0.790. The molecule has 3 heterocycles. The lowest BCUT2D eigenvalue weighted by Crippen LogP contribution is -2.54. The van der Waals surface area contributed by atoms with E-state index in [1.807, 2.05) is 17.0 Å². The molecule has 1 amide bonds. The van der Waals surface area contributed by atoms with E-state index in [2.05, 4.69) is 30.9 Å². The molecule has 0 radical (unpaired) electrons. The van der Waals surface area contributed by atoms with Gasteiger partial charge in [0.1, 0.15) is 5.58 Å².